The number of carbonyl (C=O) groups is 1. The SMILES string of the molecule is CCOC(=O)c1cnn(-c2ncc(C)cc2C)c1C. The Hall–Kier alpha value is -2.17. The van der Waals surface area contributed by atoms with Gasteiger partial charge in [-0.25, -0.2) is 14.5 Å². The van der Waals surface area contributed by atoms with Gasteiger partial charge in [-0.2, -0.15) is 5.10 Å². The first-order chi connectivity index (χ1) is 9.04. The van der Waals surface area contributed by atoms with Gasteiger partial charge >= 0.3 is 5.97 Å². The lowest BCUT2D eigenvalue weighted by molar-refractivity contribution is 0.0525. The topological polar surface area (TPSA) is 57.0 Å². The molecular weight excluding hydrogens is 242 g/mol. The molecule has 5 nitrogen and oxygen atoms in total. The van der Waals surface area contributed by atoms with E-state index in [0.29, 0.717) is 12.2 Å². The average Bonchev–Trinajstić information content (AvgIpc) is 2.72. The van der Waals surface area contributed by atoms with Crippen LogP contribution in [-0.4, -0.2) is 27.3 Å². The lowest BCUT2D eigenvalue weighted by atomic mass is 10.2. The van der Waals surface area contributed by atoms with Crippen molar-refractivity contribution in [3.63, 3.8) is 0 Å². The molecule has 2 rings (SSSR count). The zero-order chi connectivity index (χ0) is 14.0. The highest BCUT2D eigenvalue weighted by atomic mass is 16.5. The van der Waals surface area contributed by atoms with Crippen LogP contribution in [0.2, 0.25) is 0 Å². The van der Waals surface area contributed by atoms with Crippen molar-refractivity contribution in [2.24, 2.45) is 0 Å². The van der Waals surface area contributed by atoms with Crippen LogP contribution in [0.3, 0.4) is 0 Å². The summed E-state index contributed by atoms with van der Waals surface area (Å²) in [6.45, 7) is 7.93. The Balaban J connectivity index is 2.44. The Bertz CT molecular complexity index is 617. The molecule has 0 aliphatic rings. The standard InChI is InChI=1S/C14H17N3O2/c1-5-19-14(18)12-8-16-17(11(12)4)13-10(3)6-9(2)7-15-13/h6-8H,5H2,1-4H3. The minimum Gasteiger partial charge on any atom is -0.462 e. The molecule has 0 aliphatic heterocycles. The summed E-state index contributed by atoms with van der Waals surface area (Å²) in [6, 6.07) is 2.04. The summed E-state index contributed by atoms with van der Waals surface area (Å²) in [5.74, 6) is 0.384. The summed E-state index contributed by atoms with van der Waals surface area (Å²) in [5.41, 5.74) is 3.32. The molecule has 0 fully saturated rings. The average molecular weight is 259 g/mol. The number of ether oxygens (including phenoxy) is 1. The van der Waals surface area contributed by atoms with Crippen molar-refractivity contribution >= 4 is 5.97 Å². The third kappa shape index (κ3) is 2.50. The highest BCUT2D eigenvalue weighted by Crippen LogP contribution is 2.17. The van der Waals surface area contributed by atoms with Crippen LogP contribution in [0.1, 0.15) is 34.1 Å². The Morgan fingerprint density at radius 1 is 1.32 bits per heavy atom. The third-order valence-electron chi connectivity index (χ3n) is 2.89. The molecule has 5 heteroatoms. The predicted molar refractivity (Wildman–Crippen MR) is 71.5 cm³/mol. The van der Waals surface area contributed by atoms with Gasteiger partial charge < -0.3 is 4.74 Å². The zero-order valence-corrected chi connectivity index (χ0v) is 11.6. The molecule has 2 heterocycles. The van der Waals surface area contributed by atoms with Crippen molar-refractivity contribution in [2.45, 2.75) is 27.7 Å². The summed E-state index contributed by atoms with van der Waals surface area (Å²) in [4.78, 5) is 16.1. The normalized spacial score (nSPS) is 10.5. The van der Waals surface area contributed by atoms with Gasteiger partial charge in [0.2, 0.25) is 0 Å². The molecule has 2 aromatic heterocycles. The second-order valence-electron chi connectivity index (χ2n) is 4.43. The summed E-state index contributed by atoms with van der Waals surface area (Å²) in [6.07, 6.45) is 3.31. The zero-order valence-electron chi connectivity index (χ0n) is 11.6. The van der Waals surface area contributed by atoms with Gasteiger partial charge in [-0.1, -0.05) is 6.07 Å². The van der Waals surface area contributed by atoms with Gasteiger partial charge in [0.15, 0.2) is 5.82 Å². The van der Waals surface area contributed by atoms with Gasteiger partial charge in [0, 0.05) is 6.20 Å². The van der Waals surface area contributed by atoms with Crippen molar-refractivity contribution < 1.29 is 9.53 Å². The molecule has 0 atom stereocenters. The fourth-order valence-electron chi connectivity index (χ4n) is 1.96. The second kappa shape index (κ2) is 5.22. The number of carbonyl (C=O) groups excluding carboxylic acids is 1. The molecule has 0 aromatic carbocycles. The molecule has 100 valence electrons. The quantitative estimate of drug-likeness (QED) is 0.794. The maximum Gasteiger partial charge on any atom is 0.341 e. The van der Waals surface area contributed by atoms with Crippen LogP contribution < -0.4 is 0 Å². The number of pyridine rings is 1. The molecule has 0 unspecified atom stereocenters. The Kier molecular flexibility index (Phi) is 3.64. The number of rotatable bonds is 3. The number of nitrogens with zero attached hydrogens (tertiary/aromatic N) is 3. The minimum absolute atomic E-state index is 0.351. The molecular formula is C14H17N3O2. The minimum atomic E-state index is -0.351. The molecule has 0 bridgehead atoms. The molecule has 0 radical (unpaired) electrons. The van der Waals surface area contributed by atoms with Gasteiger partial charge in [0.1, 0.15) is 5.56 Å². The number of aromatic nitrogens is 3. The highest BCUT2D eigenvalue weighted by Gasteiger charge is 2.17. The molecule has 0 saturated heterocycles. The largest absolute Gasteiger partial charge is 0.462 e. The van der Waals surface area contributed by atoms with Gasteiger partial charge in [-0.15, -0.1) is 0 Å². The van der Waals surface area contributed by atoms with Crippen LogP contribution in [-0.2, 0) is 4.74 Å². The molecule has 0 aliphatic carbocycles. The molecule has 0 N–H and O–H groups in total. The van der Waals surface area contributed by atoms with Crippen molar-refractivity contribution in [3.8, 4) is 5.82 Å². The first kappa shape index (κ1) is 13.3. The summed E-state index contributed by atoms with van der Waals surface area (Å²) in [5, 5.41) is 4.23. The predicted octanol–water partition coefficient (Wildman–Crippen LogP) is 2.37. The van der Waals surface area contributed by atoms with Crippen LogP contribution in [0.5, 0.6) is 0 Å². The highest BCUT2D eigenvalue weighted by molar-refractivity contribution is 5.90. The first-order valence-corrected chi connectivity index (χ1v) is 6.20. The maximum atomic E-state index is 11.8. The first-order valence-electron chi connectivity index (χ1n) is 6.20. The van der Waals surface area contributed by atoms with E-state index in [4.69, 9.17) is 4.74 Å². The van der Waals surface area contributed by atoms with Crippen molar-refractivity contribution in [1.82, 2.24) is 14.8 Å². The van der Waals surface area contributed by atoms with E-state index >= 15 is 0 Å². The number of esters is 1. The number of aryl methyl sites for hydroxylation is 2. The lowest BCUT2D eigenvalue weighted by Gasteiger charge is -2.08. The van der Waals surface area contributed by atoms with Crippen molar-refractivity contribution in [1.29, 1.82) is 0 Å². The van der Waals surface area contributed by atoms with E-state index in [0.717, 1.165) is 22.6 Å². The van der Waals surface area contributed by atoms with Crippen LogP contribution in [0.15, 0.2) is 18.5 Å². The van der Waals surface area contributed by atoms with E-state index < -0.39 is 0 Å². The van der Waals surface area contributed by atoms with E-state index in [9.17, 15) is 4.79 Å². The molecule has 19 heavy (non-hydrogen) atoms. The molecule has 2 aromatic rings. The van der Waals surface area contributed by atoms with Crippen LogP contribution in [0.4, 0.5) is 0 Å². The fourth-order valence-corrected chi connectivity index (χ4v) is 1.96. The summed E-state index contributed by atoms with van der Waals surface area (Å²) >= 11 is 0. The van der Waals surface area contributed by atoms with Gasteiger partial charge in [0.25, 0.3) is 0 Å². The fraction of sp³-hybridized carbons (Fsp3) is 0.357. The van der Waals surface area contributed by atoms with Crippen LogP contribution in [0, 0.1) is 20.8 Å². The summed E-state index contributed by atoms with van der Waals surface area (Å²) in [7, 11) is 0. The molecule has 0 saturated carbocycles. The van der Waals surface area contributed by atoms with E-state index in [1.165, 1.54) is 6.20 Å². The lowest BCUT2D eigenvalue weighted by Crippen LogP contribution is -2.08. The Labute approximate surface area is 112 Å². The van der Waals surface area contributed by atoms with E-state index in [2.05, 4.69) is 10.1 Å². The number of hydrogen-bond donors (Lipinski definition) is 0. The van der Waals surface area contributed by atoms with E-state index in [-0.39, 0.29) is 5.97 Å². The third-order valence-corrected chi connectivity index (χ3v) is 2.89. The second-order valence-corrected chi connectivity index (χ2v) is 4.43. The van der Waals surface area contributed by atoms with E-state index in [1.807, 2.05) is 26.8 Å². The summed E-state index contributed by atoms with van der Waals surface area (Å²) < 4.78 is 6.66. The Morgan fingerprint density at radius 2 is 2.05 bits per heavy atom. The van der Waals surface area contributed by atoms with E-state index in [1.54, 1.807) is 17.8 Å². The van der Waals surface area contributed by atoms with Gasteiger partial charge in [-0.05, 0) is 38.8 Å². The van der Waals surface area contributed by atoms with Gasteiger partial charge in [-0.3, -0.25) is 0 Å². The number of hydrogen-bond acceptors (Lipinski definition) is 4. The molecule has 0 spiro atoms. The maximum absolute atomic E-state index is 11.8. The monoisotopic (exact) mass is 259 g/mol. The van der Waals surface area contributed by atoms with Crippen LogP contribution in [0.25, 0.3) is 5.82 Å². The Morgan fingerprint density at radius 3 is 2.68 bits per heavy atom. The van der Waals surface area contributed by atoms with Crippen molar-refractivity contribution in [2.75, 3.05) is 6.61 Å². The molecule has 0 amide bonds. The van der Waals surface area contributed by atoms with Gasteiger partial charge in [0.05, 0.1) is 18.5 Å². The van der Waals surface area contributed by atoms with Crippen molar-refractivity contribution in [3.05, 3.63) is 40.8 Å². The van der Waals surface area contributed by atoms with Crippen LogP contribution >= 0.6 is 0 Å². The smallest absolute Gasteiger partial charge is 0.341 e.